The third kappa shape index (κ3) is 4.62. The molecule has 2 aromatic rings. The summed E-state index contributed by atoms with van der Waals surface area (Å²) < 4.78 is 11.0. The first kappa shape index (κ1) is 20.9. The van der Waals surface area contributed by atoms with Crippen LogP contribution in [0.3, 0.4) is 0 Å². The Bertz CT molecular complexity index is 920. The van der Waals surface area contributed by atoms with Gasteiger partial charge in [0.1, 0.15) is 5.54 Å². The molecule has 8 heteroatoms. The zero-order chi connectivity index (χ0) is 21.0. The number of carboxylic acids is 1. The molecule has 0 radical (unpaired) electrons. The Balaban J connectivity index is 1.69. The van der Waals surface area contributed by atoms with E-state index in [0.717, 1.165) is 5.56 Å². The van der Waals surface area contributed by atoms with E-state index < -0.39 is 17.4 Å². The highest BCUT2D eigenvalue weighted by molar-refractivity contribution is 6.30. The maximum Gasteiger partial charge on any atom is 0.329 e. The van der Waals surface area contributed by atoms with Gasteiger partial charge in [-0.3, -0.25) is 4.79 Å². The van der Waals surface area contributed by atoms with Gasteiger partial charge < -0.3 is 19.9 Å². The number of carboxylic acid groups (broad SMARTS) is 1. The second-order valence-electron chi connectivity index (χ2n) is 7.00. The highest BCUT2D eigenvalue weighted by Crippen LogP contribution is 2.46. The molecular formula is C21H23ClN2O5. The fraction of sp³-hybridized carbons (Fsp3) is 0.381. The summed E-state index contributed by atoms with van der Waals surface area (Å²) in [6.45, 7) is 2.24. The van der Waals surface area contributed by atoms with E-state index in [1.54, 1.807) is 6.07 Å². The normalized spacial score (nSPS) is 20.0. The van der Waals surface area contributed by atoms with Crippen molar-refractivity contribution in [3.63, 3.8) is 0 Å². The van der Waals surface area contributed by atoms with Gasteiger partial charge in [-0.05, 0) is 30.0 Å². The van der Waals surface area contributed by atoms with Crippen LogP contribution in [0.15, 0.2) is 36.5 Å². The van der Waals surface area contributed by atoms with E-state index in [-0.39, 0.29) is 17.4 Å². The second kappa shape index (κ2) is 8.69. The minimum atomic E-state index is -1.20. The molecule has 0 bridgehead atoms. The Morgan fingerprint density at radius 3 is 2.79 bits per heavy atom. The van der Waals surface area contributed by atoms with Crippen LogP contribution in [0.2, 0.25) is 5.02 Å². The smallest absolute Gasteiger partial charge is 0.329 e. The molecule has 1 heterocycles. The van der Waals surface area contributed by atoms with Crippen LogP contribution in [0.1, 0.15) is 35.7 Å². The van der Waals surface area contributed by atoms with Crippen LogP contribution in [-0.4, -0.2) is 41.2 Å². The summed E-state index contributed by atoms with van der Waals surface area (Å²) in [4.78, 5) is 28.3. The number of amides is 1. The van der Waals surface area contributed by atoms with Crippen molar-refractivity contribution in [2.24, 2.45) is 5.92 Å². The quantitative estimate of drug-likeness (QED) is 0.648. The fourth-order valence-electron chi connectivity index (χ4n) is 3.35. The van der Waals surface area contributed by atoms with Gasteiger partial charge in [-0.2, -0.15) is 0 Å². The van der Waals surface area contributed by atoms with Gasteiger partial charge in [0.15, 0.2) is 5.75 Å². The average molecular weight is 419 g/mol. The number of carbonyl (C=O) groups is 2. The molecule has 0 aliphatic heterocycles. The van der Waals surface area contributed by atoms with Gasteiger partial charge in [-0.15, -0.1) is 0 Å². The predicted octanol–water partition coefficient (Wildman–Crippen LogP) is 3.35. The highest BCUT2D eigenvalue weighted by Gasteiger charge is 2.60. The number of hydrogen-bond acceptors (Lipinski definition) is 5. The van der Waals surface area contributed by atoms with E-state index in [0.29, 0.717) is 36.6 Å². The van der Waals surface area contributed by atoms with Crippen LogP contribution in [0.4, 0.5) is 0 Å². The van der Waals surface area contributed by atoms with Crippen molar-refractivity contribution in [1.29, 1.82) is 0 Å². The lowest BCUT2D eigenvalue weighted by Crippen LogP contribution is -2.45. The number of rotatable bonds is 9. The largest absolute Gasteiger partial charge is 0.488 e. The van der Waals surface area contributed by atoms with Crippen LogP contribution in [0.5, 0.6) is 11.6 Å². The summed E-state index contributed by atoms with van der Waals surface area (Å²) in [5.41, 5.74) is 0.0336. The summed E-state index contributed by atoms with van der Waals surface area (Å²) in [7, 11) is 1.46. The first-order chi connectivity index (χ1) is 13.9. The third-order valence-corrected chi connectivity index (χ3v) is 5.36. The minimum absolute atomic E-state index is 0.0661. The molecule has 1 aromatic heterocycles. The number of ether oxygens (including phenoxy) is 2. The second-order valence-corrected chi connectivity index (χ2v) is 7.44. The SMILES string of the molecule is CCC1CC1(NC(=O)c1cnc(OC)c(OCCc2cccc(Cl)c2)c1)C(=O)O. The highest BCUT2D eigenvalue weighted by atomic mass is 35.5. The van der Waals surface area contributed by atoms with Crippen LogP contribution < -0.4 is 14.8 Å². The molecule has 1 fully saturated rings. The lowest BCUT2D eigenvalue weighted by atomic mass is 10.1. The van der Waals surface area contributed by atoms with Crippen molar-refractivity contribution in [3.8, 4) is 11.6 Å². The van der Waals surface area contributed by atoms with Crippen LogP contribution in [0, 0.1) is 5.92 Å². The molecule has 7 nitrogen and oxygen atoms in total. The molecule has 1 amide bonds. The number of halogens is 1. The van der Waals surface area contributed by atoms with E-state index in [9.17, 15) is 14.7 Å². The number of nitrogens with one attached hydrogen (secondary N) is 1. The summed E-state index contributed by atoms with van der Waals surface area (Å²) in [5, 5.41) is 12.8. The van der Waals surface area contributed by atoms with Crippen LogP contribution in [0.25, 0.3) is 0 Å². The molecule has 2 atom stereocenters. The standard InChI is InChI=1S/C21H23ClN2O5/c1-3-15-11-21(15,20(26)27)24-18(25)14-10-17(19(28-2)23-12-14)29-8-7-13-5-4-6-16(22)9-13/h4-6,9-10,12,15H,3,7-8,11H2,1-2H3,(H,24,25)(H,26,27). The molecule has 29 heavy (non-hydrogen) atoms. The Morgan fingerprint density at radius 1 is 1.38 bits per heavy atom. The molecule has 0 spiro atoms. The van der Waals surface area contributed by atoms with Crippen molar-refractivity contribution in [1.82, 2.24) is 10.3 Å². The number of nitrogens with zero attached hydrogens (tertiary/aromatic N) is 1. The minimum Gasteiger partial charge on any atom is -0.488 e. The number of aromatic nitrogens is 1. The number of pyridine rings is 1. The van der Waals surface area contributed by atoms with Gasteiger partial charge in [0.2, 0.25) is 0 Å². The molecule has 2 N–H and O–H groups in total. The van der Waals surface area contributed by atoms with E-state index in [1.165, 1.54) is 19.4 Å². The molecule has 0 saturated heterocycles. The van der Waals surface area contributed by atoms with Gasteiger partial charge >= 0.3 is 5.97 Å². The number of hydrogen-bond donors (Lipinski definition) is 2. The monoisotopic (exact) mass is 418 g/mol. The maximum atomic E-state index is 12.6. The Morgan fingerprint density at radius 2 is 2.17 bits per heavy atom. The third-order valence-electron chi connectivity index (χ3n) is 5.13. The molecule has 3 rings (SSSR count). The lowest BCUT2D eigenvalue weighted by Gasteiger charge is -2.16. The number of benzene rings is 1. The van der Waals surface area contributed by atoms with Crippen molar-refractivity contribution < 1.29 is 24.2 Å². The Kier molecular flexibility index (Phi) is 6.27. The first-order valence-electron chi connectivity index (χ1n) is 9.36. The van der Waals surface area contributed by atoms with Crippen molar-refractivity contribution >= 4 is 23.5 Å². The Hall–Kier alpha value is -2.80. The van der Waals surface area contributed by atoms with E-state index >= 15 is 0 Å². The molecule has 1 aliphatic carbocycles. The maximum absolute atomic E-state index is 12.6. The molecule has 1 aromatic carbocycles. The summed E-state index contributed by atoms with van der Waals surface area (Å²) in [6.07, 6.45) is 3.07. The Labute approximate surface area is 174 Å². The molecule has 2 unspecified atom stereocenters. The van der Waals surface area contributed by atoms with E-state index in [1.807, 2.05) is 25.1 Å². The van der Waals surface area contributed by atoms with Crippen LogP contribution in [-0.2, 0) is 11.2 Å². The van der Waals surface area contributed by atoms with Crippen molar-refractivity contribution in [3.05, 3.63) is 52.7 Å². The lowest BCUT2D eigenvalue weighted by molar-refractivity contribution is -0.140. The molecule has 154 valence electrons. The van der Waals surface area contributed by atoms with Gasteiger partial charge in [0.25, 0.3) is 11.8 Å². The van der Waals surface area contributed by atoms with E-state index in [2.05, 4.69) is 10.3 Å². The number of carbonyl (C=O) groups excluding carboxylic acids is 1. The van der Waals surface area contributed by atoms with Gasteiger partial charge in [-0.25, -0.2) is 9.78 Å². The van der Waals surface area contributed by atoms with Gasteiger partial charge in [-0.1, -0.05) is 37.1 Å². The van der Waals surface area contributed by atoms with Gasteiger partial charge in [0.05, 0.1) is 19.3 Å². The number of methoxy groups -OCH3 is 1. The topological polar surface area (TPSA) is 97.8 Å². The van der Waals surface area contributed by atoms with E-state index in [4.69, 9.17) is 21.1 Å². The number of aliphatic carboxylic acids is 1. The van der Waals surface area contributed by atoms with Crippen LogP contribution >= 0.6 is 11.6 Å². The molecule has 1 saturated carbocycles. The zero-order valence-corrected chi connectivity index (χ0v) is 17.0. The van der Waals surface area contributed by atoms with Gasteiger partial charge in [0, 0.05) is 23.7 Å². The molecular weight excluding hydrogens is 396 g/mol. The van der Waals surface area contributed by atoms with Crippen molar-refractivity contribution in [2.45, 2.75) is 31.7 Å². The first-order valence-corrected chi connectivity index (χ1v) is 9.74. The summed E-state index contributed by atoms with van der Waals surface area (Å²) >= 11 is 5.99. The fourth-order valence-corrected chi connectivity index (χ4v) is 3.56. The summed E-state index contributed by atoms with van der Waals surface area (Å²) in [6, 6.07) is 8.98. The van der Waals surface area contributed by atoms with Crippen molar-refractivity contribution in [2.75, 3.05) is 13.7 Å². The summed E-state index contributed by atoms with van der Waals surface area (Å²) in [5.74, 6) is -1.02. The predicted molar refractivity (Wildman–Crippen MR) is 108 cm³/mol. The zero-order valence-electron chi connectivity index (χ0n) is 16.3. The molecule has 1 aliphatic rings. The average Bonchev–Trinajstić information content (AvgIpc) is 3.42.